The van der Waals surface area contributed by atoms with Gasteiger partial charge in [0.1, 0.15) is 0 Å². The largest absolute Gasteiger partial charge is 0.304 e. The molecule has 0 saturated carbocycles. The van der Waals surface area contributed by atoms with E-state index in [1.54, 1.807) is 0 Å². The van der Waals surface area contributed by atoms with Crippen LogP contribution < -0.4 is 5.32 Å². The average Bonchev–Trinajstić information content (AvgIpc) is 2.84. The summed E-state index contributed by atoms with van der Waals surface area (Å²) in [4.78, 5) is 1.41. The van der Waals surface area contributed by atoms with Gasteiger partial charge in [0.25, 0.3) is 0 Å². The number of thiophene rings is 1. The van der Waals surface area contributed by atoms with E-state index < -0.39 is 0 Å². The van der Waals surface area contributed by atoms with Gasteiger partial charge in [0.05, 0.1) is 5.69 Å². The van der Waals surface area contributed by atoms with Crippen LogP contribution in [0.3, 0.4) is 0 Å². The zero-order valence-corrected chi connectivity index (χ0v) is 10.7. The van der Waals surface area contributed by atoms with Gasteiger partial charge >= 0.3 is 0 Å². The smallest absolute Gasteiger partial charge is 0.0762 e. The van der Waals surface area contributed by atoms with Gasteiger partial charge in [-0.2, -0.15) is 5.10 Å². The van der Waals surface area contributed by atoms with Crippen molar-refractivity contribution < 1.29 is 0 Å². The number of rotatable bonds is 4. The van der Waals surface area contributed by atoms with Crippen molar-refractivity contribution in [1.29, 1.82) is 0 Å². The highest BCUT2D eigenvalue weighted by Gasteiger charge is 2.09. The van der Waals surface area contributed by atoms with Crippen molar-refractivity contribution in [3.05, 3.63) is 39.8 Å². The molecule has 1 unspecified atom stereocenters. The molecule has 16 heavy (non-hydrogen) atoms. The third-order valence-electron chi connectivity index (χ3n) is 2.65. The lowest BCUT2D eigenvalue weighted by Gasteiger charge is -2.12. The molecule has 0 saturated heterocycles. The predicted octanol–water partition coefficient (Wildman–Crippen LogP) is 2.64. The lowest BCUT2D eigenvalue weighted by Crippen LogP contribution is -2.18. The highest BCUT2D eigenvalue weighted by molar-refractivity contribution is 7.10. The lowest BCUT2D eigenvalue weighted by molar-refractivity contribution is 0.567. The quantitative estimate of drug-likeness (QED) is 0.883. The third kappa shape index (κ3) is 2.51. The van der Waals surface area contributed by atoms with Gasteiger partial charge in [-0.05, 0) is 36.9 Å². The van der Waals surface area contributed by atoms with Gasteiger partial charge in [0, 0.05) is 30.7 Å². The van der Waals surface area contributed by atoms with Gasteiger partial charge in [0.2, 0.25) is 0 Å². The molecule has 1 atom stereocenters. The highest BCUT2D eigenvalue weighted by atomic mass is 32.1. The van der Waals surface area contributed by atoms with E-state index in [9.17, 15) is 0 Å². The van der Waals surface area contributed by atoms with Crippen molar-refractivity contribution in [2.24, 2.45) is 7.05 Å². The number of aromatic nitrogens is 2. The Morgan fingerprint density at radius 1 is 1.50 bits per heavy atom. The van der Waals surface area contributed by atoms with Crippen molar-refractivity contribution in [1.82, 2.24) is 15.1 Å². The first-order valence-electron chi connectivity index (χ1n) is 5.42. The first-order valence-corrected chi connectivity index (χ1v) is 6.30. The van der Waals surface area contributed by atoms with E-state index in [-0.39, 0.29) is 0 Å². The van der Waals surface area contributed by atoms with Crippen LogP contribution in [0.5, 0.6) is 0 Å². The van der Waals surface area contributed by atoms with E-state index in [0.717, 1.165) is 12.2 Å². The molecular weight excluding hydrogens is 218 g/mol. The summed E-state index contributed by atoms with van der Waals surface area (Å²) in [6.45, 7) is 5.17. The summed E-state index contributed by atoms with van der Waals surface area (Å²) in [7, 11) is 1.94. The minimum atomic E-state index is 0.391. The molecule has 4 heteroatoms. The van der Waals surface area contributed by atoms with Crippen molar-refractivity contribution >= 4 is 11.3 Å². The molecule has 0 fully saturated rings. The average molecular weight is 235 g/mol. The number of hydrogen-bond acceptors (Lipinski definition) is 3. The second-order valence-electron chi connectivity index (χ2n) is 4.05. The molecule has 2 aromatic rings. The maximum Gasteiger partial charge on any atom is 0.0762 e. The molecule has 1 N–H and O–H groups in total. The molecule has 0 amide bonds. The molecule has 2 aromatic heterocycles. The number of nitrogens with one attached hydrogen (secondary N) is 1. The van der Waals surface area contributed by atoms with Crippen LogP contribution >= 0.6 is 11.3 Å². The molecule has 0 radical (unpaired) electrons. The van der Waals surface area contributed by atoms with Crippen LogP contribution in [0, 0.1) is 6.92 Å². The summed E-state index contributed by atoms with van der Waals surface area (Å²) < 4.78 is 1.83. The van der Waals surface area contributed by atoms with Crippen molar-refractivity contribution in [3.8, 4) is 0 Å². The summed E-state index contributed by atoms with van der Waals surface area (Å²) in [5.41, 5.74) is 2.45. The van der Waals surface area contributed by atoms with Crippen LogP contribution in [0.15, 0.2) is 23.7 Å². The van der Waals surface area contributed by atoms with Crippen LogP contribution in [-0.2, 0) is 13.6 Å². The first kappa shape index (κ1) is 11.4. The number of nitrogens with zero attached hydrogens (tertiary/aromatic N) is 2. The fourth-order valence-corrected chi connectivity index (χ4v) is 2.70. The zero-order chi connectivity index (χ0) is 11.5. The Balaban J connectivity index is 1.93. The van der Waals surface area contributed by atoms with Gasteiger partial charge in [-0.15, -0.1) is 11.3 Å². The summed E-state index contributed by atoms with van der Waals surface area (Å²) >= 11 is 1.81. The van der Waals surface area contributed by atoms with Gasteiger partial charge < -0.3 is 5.32 Å². The van der Waals surface area contributed by atoms with E-state index >= 15 is 0 Å². The molecule has 3 nitrogen and oxygen atoms in total. The Kier molecular flexibility index (Phi) is 3.41. The van der Waals surface area contributed by atoms with Crippen LogP contribution in [0.25, 0.3) is 0 Å². The molecule has 2 rings (SSSR count). The van der Waals surface area contributed by atoms with Crippen molar-refractivity contribution in [2.75, 3.05) is 0 Å². The van der Waals surface area contributed by atoms with Crippen LogP contribution in [-0.4, -0.2) is 9.78 Å². The molecule has 2 heterocycles. The minimum Gasteiger partial charge on any atom is -0.304 e. The summed E-state index contributed by atoms with van der Waals surface area (Å²) in [6.07, 6.45) is 1.97. The molecule has 0 aliphatic heterocycles. The second kappa shape index (κ2) is 4.80. The zero-order valence-electron chi connectivity index (χ0n) is 9.90. The summed E-state index contributed by atoms with van der Waals surface area (Å²) in [6, 6.07) is 4.60. The van der Waals surface area contributed by atoms with E-state index in [1.807, 2.05) is 35.3 Å². The monoisotopic (exact) mass is 235 g/mol. The molecular formula is C12H17N3S. The van der Waals surface area contributed by atoms with E-state index in [0.29, 0.717) is 6.04 Å². The molecule has 86 valence electrons. The molecule has 0 aliphatic carbocycles. The van der Waals surface area contributed by atoms with Gasteiger partial charge in [-0.1, -0.05) is 0 Å². The normalized spacial score (nSPS) is 12.9. The standard InChI is InChI=1S/C12H17N3S/c1-9-5-7-16-12(9)10(2)13-8-11-4-6-15(3)14-11/h4-7,10,13H,8H2,1-3H3. The van der Waals surface area contributed by atoms with E-state index in [4.69, 9.17) is 0 Å². The fourth-order valence-electron chi connectivity index (χ4n) is 1.74. The van der Waals surface area contributed by atoms with Crippen LogP contribution in [0.2, 0.25) is 0 Å². The maximum atomic E-state index is 4.34. The highest BCUT2D eigenvalue weighted by Crippen LogP contribution is 2.23. The Morgan fingerprint density at radius 2 is 2.31 bits per heavy atom. The fraction of sp³-hybridized carbons (Fsp3) is 0.417. The Hall–Kier alpha value is -1.13. The topological polar surface area (TPSA) is 29.9 Å². The predicted molar refractivity (Wildman–Crippen MR) is 67.5 cm³/mol. The van der Waals surface area contributed by atoms with E-state index in [2.05, 4.69) is 35.7 Å². The van der Waals surface area contributed by atoms with E-state index in [1.165, 1.54) is 10.4 Å². The van der Waals surface area contributed by atoms with Gasteiger partial charge in [-0.25, -0.2) is 0 Å². The van der Waals surface area contributed by atoms with Crippen LogP contribution in [0.1, 0.15) is 29.1 Å². The summed E-state index contributed by atoms with van der Waals surface area (Å²) in [5, 5.41) is 9.98. The lowest BCUT2D eigenvalue weighted by atomic mass is 10.2. The Morgan fingerprint density at radius 3 is 2.88 bits per heavy atom. The Bertz CT molecular complexity index is 458. The SMILES string of the molecule is Cc1ccsc1C(C)NCc1ccn(C)n1. The first-order chi connectivity index (χ1) is 7.66. The summed E-state index contributed by atoms with van der Waals surface area (Å²) in [5.74, 6) is 0. The molecule has 0 bridgehead atoms. The third-order valence-corrected chi connectivity index (χ3v) is 3.85. The van der Waals surface area contributed by atoms with Crippen molar-refractivity contribution in [3.63, 3.8) is 0 Å². The molecule has 0 aliphatic rings. The minimum absolute atomic E-state index is 0.391. The molecule has 0 spiro atoms. The van der Waals surface area contributed by atoms with Gasteiger partial charge in [0.15, 0.2) is 0 Å². The van der Waals surface area contributed by atoms with Crippen LogP contribution in [0.4, 0.5) is 0 Å². The maximum absolute atomic E-state index is 4.34. The number of aryl methyl sites for hydroxylation is 2. The second-order valence-corrected chi connectivity index (χ2v) is 5.00. The Labute approximate surface area is 100 Å². The molecule has 0 aromatic carbocycles. The van der Waals surface area contributed by atoms with Gasteiger partial charge in [-0.3, -0.25) is 4.68 Å². The number of hydrogen-bond donors (Lipinski definition) is 1. The van der Waals surface area contributed by atoms with Crippen molar-refractivity contribution in [2.45, 2.75) is 26.4 Å².